The summed E-state index contributed by atoms with van der Waals surface area (Å²) in [5.41, 5.74) is 5.23. The molecule has 9 heteroatoms. The van der Waals surface area contributed by atoms with Crippen LogP contribution in [-0.4, -0.2) is 58.2 Å². The molecular weight excluding hydrogens is 458 g/mol. The first kappa shape index (κ1) is 23.2. The van der Waals surface area contributed by atoms with Crippen LogP contribution in [-0.2, 0) is 29.0 Å². The van der Waals surface area contributed by atoms with Crippen LogP contribution in [0.15, 0.2) is 55.0 Å². The van der Waals surface area contributed by atoms with E-state index in [1.54, 1.807) is 18.1 Å². The van der Waals surface area contributed by atoms with Crippen molar-refractivity contribution in [3.05, 3.63) is 77.4 Å². The van der Waals surface area contributed by atoms with E-state index in [2.05, 4.69) is 20.3 Å². The highest BCUT2D eigenvalue weighted by atomic mass is 16.5. The Hall–Kier alpha value is -4.53. The van der Waals surface area contributed by atoms with Crippen molar-refractivity contribution in [2.24, 2.45) is 0 Å². The summed E-state index contributed by atoms with van der Waals surface area (Å²) >= 11 is 0. The maximum Gasteiger partial charge on any atom is 0.295 e. The Bertz CT molecular complexity index is 1480. The number of amides is 2. The smallest absolute Gasteiger partial charge is 0.295 e. The fourth-order valence-corrected chi connectivity index (χ4v) is 4.68. The number of nitrogens with zero attached hydrogens (tertiary/aromatic N) is 3. The van der Waals surface area contributed by atoms with Crippen LogP contribution >= 0.6 is 0 Å². The summed E-state index contributed by atoms with van der Waals surface area (Å²) in [6.07, 6.45) is 5.36. The summed E-state index contributed by atoms with van der Waals surface area (Å²) in [6.45, 7) is 0.758. The molecular formula is C27H25N5O4. The Morgan fingerprint density at radius 1 is 1.14 bits per heavy atom. The summed E-state index contributed by atoms with van der Waals surface area (Å²) < 4.78 is 5.42. The van der Waals surface area contributed by atoms with Gasteiger partial charge >= 0.3 is 0 Å². The number of fused-ring (bicyclic) bond motifs is 2. The molecule has 2 N–H and O–H groups in total. The zero-order chi connectivity index (χ0) is 25.2. The standard InChI is InChI=1S/C27H25N5O4/c1-28-23(33)12-21-25-24(22(36-2)14-30-21)19(13-31-25)26(34)27(35)32-11-9-17-16(15-32)6-5-7-18(17)20-8-3-4-10-29-20/h3-8,10,13-14,31H,9,11-12,15H2,1-2H3,(H,28,33). The van der Waals surface area contributed by atoms with E-state index in [9.17, 15) is 14.4 Å². The van der Waals surface area contributed by atoms with Gasteiger partial charge in [-0.25, -0.2) is 0 Å². The number of carbonyl (C=O) groups is 3. The molecule has 5 rings (SSSR count). The fraction of sp³-hybridized carbons (Fsp3) is 0.222. The zero-order valence-corrected chi connectivity index (χ0v) is 20.0. The summed E-state index contributed by atoms with van der Waals surface area (Å²) in [5, 5.41) is 3.01. The van der Waals surface area contributed by atoms with Crippen LogP contribution < -0.4 is 10.1 Å². The Kier molecular flexibility index (Phi) is 6.20. The van der Waals surface area contributed by atoms with Crippen LogP contribution in [0.5, 0.6) is 5.75 Å². The van der Waals surface area contributed by atoms with Gasteiger partial charge in [-0.1, -0.05) is 24.3 Å². The molecule has 0 unspecified atom stereocenters. The van der Waals surface area contributed by atoms with E-state index in [1.165, 1.54) is 19.5 Å². The number of hydrogen-bond donors (Lipinski definition) is 2. The predicted molar refractivity (Wildman–Crippen MR) is 134 cm³/mol. The lowest BCUT2D eigenvalue weighted by molar-refractivity contribution is -0.127. The Balaban J connectivity index is 1.44. The highest BCUT2D eigenvalue weighted by Gasteiger charge is 2.30. The van der Waals surface area contributed by atoms with Crippen molar-refractivity contribution in [3.8, 4) is 17.0 Å². The van der Waals surface area contributed by atoms with E-state index in [0.29, 0.717) is 41.9 Å². The van der Waals surface area contributed by atoms with Crippen LogP contribution in [0.1, 0.15) is 27.2 Å². The van der Waals surface area contributed by atoms with Gasteiger partial charge in [0, 0.05) is 38.1 Å². The average Bonchev–Trinajstić information content (AvgIpc) is 3.38. The Morgan fingerprint density at radius 2 is 2.00 bits per heavy atom. The molecule has 9 nitrogen and oxygen atoms in total. The van der Waals surface area contributed by atoms with Crippen molar-refractivity contribution < 1.29 is 19.1 Å². The van der Waals surface area contributed by atoms with Gasteiger partial charge in [0.1, 0.15) is 5.75 Å². The van der Waals surface area contributed by atoms with E-state index in [0.717, 1.165) is 22.4 Å². The van der Waals surface area contributed by atoms with Crippen molar-refractivity contribution in [2.75, 3.05) is 20.7 Å². The van der Waals surface area contributed by atoms with Crippen molar-refractivity contribution in [2.45, 2.75) is 19.4 Å². The Morgan fingerprint density at radius 3 is 2.75 bits per heavy atom. The number of pyridine rings is 2. The third-order valence-corrected chi connectivity index (χ3v) is 6.51. The number of rotatable bonds is 6. The quantitative estimate of drug-likeness (QED) is 0.322. The summed E-state index contributed by atoms with van der Waals surface area (Å²) in [5.74, 6) is -1.09. The molecule has 1 aliphatic heterocycles. The number of benzene rings is 1. The number of hydrogen-bond acceptors (Lipinski definition) is 6. The largest absolute Gasteiger partial charge is 0.494 e. The highest BCUT2D eigenvalue weighted by molar-refractivity contribution is 6.45. The van der Waals surface area contributed by atoms with Crippen molar-refractivity contribution in [1.29, 1.82) is 0 Å². The van der Waals surface area contributed by atoms with Gasteiger partial charge in [0.2, 0.25) is 5.91 Å². The number of methoxy groups -OCH3 is 1. The molecule has 3 aromatic heterocycles. The SMILES string of the molecule is CNC(=O)Cc1ncc(OC)c2c(C(=O)C(=O)N3CCc4c(cccc4-c4ccccn4)C3)c[nH]c12. The third kappa shape index (κ3) is 4.08. The minimum Gasteiger partial charge on any atom is -0.494 e. The monoisotopic (exact) mass is 483 g/mol. The minimum atomic E-state index is -0.638. The minimum absolute atomic E-state index is 0.0284. The van der Waals surface area contributed by atoms with Gasteiger partial charge in [0.15, 0.2) is 0 Å². The number of aromatic amines is 1. The van der Waals surface area contributed by atoms with Gasteiger partial charge in [-0.2, -0.15) is 0 Å². The number of Topliss-reactive ketones (excluding diaryl/α,β-unsaturated/α-hetero) is 1. The number of aromatic nitrogens is 3. The number of likely N-dealkylation sites (N-methyl/N-ethyl adjacent to an activating group) is 1. The first-order valence-electron chi connectivity index (χ1n) is 11.6. The van der Waals surface area contributed by atoms with E-state index in [-0.39, 0.29) is 17.9 Å². The maximum absolute atomic E-state index is 13.4. The van der Waals surface area contributed by atoms with Crippen LogP contribution in [0.2, 0.25) is 0 Å². The number of ketones is 1. The molecule has 4 aromatic rings. The van der Waals surface area contributed by atoms with Crippen molar-refractivity contribution >= 4 is 28.5 Å². The Labute approximate surface area is 207 Å². The van der Waals surface area contributed by atoms with E-state index in [4.69, 9.17) is 4.74 Å². The van der Waals surface area contributed by atoms with Gasteiger partial charge in [-0.15, -0.1) is 0 Å². The van der Waals surface area contributed by atoms with Crippen LogP contribution in [0, 0.1) is 0 Å². The molecule has 1 aliphatic rings. The number of nitrogens with one attached hydrogen (secondary N) is 2. The molecule has 36 heavy (non-hydrogen) atoms. The molecule has 0 fully saturated rings. The van der Waals surface area contributed by atoms with Gasteiger partial charge in [0.25, 0.3) is 11.7 Å². The normalized spacial score (nSPS) is 12.8. The second kappa shape index (κ2) is 9.61. The molecule has 0 atom stereocenters. The average molecular weight is 484 g/mol. The molecule has 0 radical (unpaired) electrons. The lowest BCUT2D eigenvalue weighted by Crippen LogP contribution is -2.40. The summed E-state index contributed by atoms with van der Waals surface area (Å²) in [4.78, 5) is 52.0. The van der Waals surface area contributed by atoms with Gasteiger partial charge in [0.05, 0.1) is 47.6 Å². The second-order valence-electron chi connectivity index (χ2n) is 8.54. The highest BCUT2D eigenvalue weighted by Crippen LogP contribution is 2.32. The molecule has 4 heterocycles. The molecule has 0 saturated carbocycles. The number of carbonyl (C=O) groups excluding carboxylic acids is 3. The molecule has 0 saturated heterocycles. The third-order valence-electron chi connectivity index (χ3n) is 6.51. The van der Waals surface area contributed by atoms with Crippen LogP contribution in [0.3, 0.4) is 0 Å². The van der Waals surface area contributed by atoms with Gasteiger partial charge in [-0.05, 0) is 29.7 Å². The summed E-state index contributed by atoms with van der Waals surface area (Å²) in [6, 6.07) is 11.8. The zero-order valence-electron chi connectivity index (χ0n) is 20.0. The fourth-order valence-electron chi connectivity index (χ4n) is 4.68. The topological polar surface area (TPSA) is 117 Å². The van der Waals surface area contributed by atoms with Gasteiger partial charge in [-0.3, -0.25) is 24.4 Å². The second-order valence-corrected chi connectivity index (χ2v) is 8.54. The molecule has 182 valence electrons. The van der Waals surface area contributed by atoms with E-state index in [1.807, 2.05) is 36.4 Å². The van der Waals surface area contributed by atoms with E-state index >= 15 is 0 Å². The molecule has 0 aliphatic carbocycles. The predicted octanol–water partition coefficient (Wildman–Crippen LogP) is 2.69. The molecule has 0 bridgehead atoms. The van der Waals surface area contributed by atoms with Crippen LogP contribution in [0.4, 0.5) is 0 Å². The van der Waals surface area contributed by atoms with Crippen molar-refractivity contribution in [3.63, 3.8) is 0 Å². The van der Waals surface area contributed by atoms with Crippen molar-refractivity contribution in [1.82, 2.24) is 25.2 Å². The first-order valence-corrected chi connectivity index (χ1v) is 11.6. The molecule has 0 spiro atoms. The first-order chi connectivity index (χ1) is 17.5. The van der Waals surface area contributed by atoms with Crippen LogP contribution in [0.25, 0.3) is 22.2 Å². The summed E-state index contributed by atoms with van der Waals surface area (Å²) in [7, 11) is 3.01. The molecule has 1 aromatic carbocycles. The van der Waals surface area contributed by atoms with Gasteiger partial charge < -0.3 is 19.9 Å². The maximum atomic E-state index is 13.4. The number of ether oxygens (including phenoxy) is 1. The lowest BCUT2D eigenvalue weighted by Gasteiger charge is -2.29. The molecule has 2 amide bonds. The van der Waals surface area contributed by atoms with E-state index < -0.39 is 11.7 Å². The number of H-pyrrole nitrogens is 1. The lowest BCUT2D eigenvalue weighted by atomic mass is 9.92.